The van der Waals surface area contributed by atoms with Gasteiger partial charge in [-0.15, -0.1) is 0 Å². The van der Waals surface area contributed by atoms with Crippen molar-refractivity contribution in [3.63, 3.8) is 0 Å². The van der Waals surface area contributed by atoms with Crippen molar-refractivity contribution in [2.75, 3.05) is 18.0 Å². The molecule has 0 unspecified atom stereocenters. The number of aliphatic hydroxyl groups excluding tert-OH is 1. The van der Waals surface area contributed by atoms with Crippen LogP contribution in [0.1, 0.15) is 49.1 Å². The second kappa shape index (κ2) is 8.72. The minimum atomic E-state index is -0.183. The Labute approximate surface area is 186 Å². The van der Waals surface area contributed by atoms with Crippen molar-refractivity contribution in [3.8, 4) is 6.07 Å². The molecular formula is C22H26ClN5OS. The van der Waals surface area contributed by atoms with E-state index in [2.05, 4.69) is 11.0 Å². The minimum absolute atomic E-state index is 0.183. The summed E-state index contributed by atoms with van der Waals surface area (Å²) < 4.78 is 0. The van der Waals surface area contributed by atoms with Gasteiger partial charge in [0.2, 0.25) is 0 Å². The summed E-state index contributed by atoms with van der Waals surface area (Å²) in [7, 11) is 0. The maximum absolute atomic E-state index is 9.99. The minimum Gasteiger partial charge on any atom is -0.390 e. The van der Waals surface area contributed by atoms with Gasteiger partial charge < -0.3 is 15.7 Å². The van der Waals surface area contributed by atoms with Gasteiger partial charge in [-0.25, -0.2) is 9.97 Å². The standard InChI is InChI=1S/C22H26ClN5OS/c1-14-21(30-18-5-2-4-16(23)15(18)12-24)27-17(13-29)20(26-14)28-10-8-22(9-11-28)7-3-6-19(22)25/h2,4-5,19,29H,3,6-11,13,25H2,1H3/t19-/m1/s1. The molecule has 1 saturated heterocycles. The Morgan fingerprint density at radius 3 is 2.73 bits per heavy atom. The van der Waals surface area contributed by atoms with Crippen LogP contribution in [-0.2, 0) is 6.61 Å². The lowest BCUT2D eigenvalue weighted by atomic mass is 9.74. The summed E-state index contributed by atoms with van der Waals surface area (Å²) in [5, 5.41) is 20.5. The highest BCUT2D eigenvalue weighted by molar-refractivity contribution is 7.99. The van der Waals surface area contributed by atoms with E-state index >= 15 is 0 Å². The molecule has 158 valence electrons. The van der Waals surface area contributed by atoms with Gasteiger partial charge in [0.25, 0.3) is 0 Å². The fraction of sp³-hybridized carbons (Fsp3) is 0.500. The quantitative estimate of drug-likeness (QED) is 0.735. The number of piperidine rings is 1. The van der Waals surface area contributed by atoms with E-state index in [9.17, 15) is 10.4 Å². The molecule has 2 aromatic rings. The third-order valence-electron chi connectivity index (χ3n) is 6.56. The second-order valence-electron chi connectivity index (χ2n) is 8.22. The molecule has 1 aromatic carbocycles. The Hall–Kier alpha value is -1.85. The summed E-state index contributed by atoms with van der Waals surface area (Å²) in [4.78, 5) is 12.5. The molecular weight excluding hydrogens is 418 g/mol. The van der Waals surface area contributed by atoms with Crippen LogP contribution in [0.25, 0.3) is 0 Å². The van der Waals surface area contributed by atoms with Gasteiger partial charge in [-0.05, 0) is 50.2 Å². The maximum atomic E-state index is 9.99. The van der Waals surface area contributed by atoms with Crippen LogP contribution in [0.15, 0.2) is 28.1 Å². The zero-order valence-electron chi connectivity index (χ0n) is 17.1. The molecule has 8 heteroatoms. The van der Waals surface area contributed by atoms with Gasteiger partial charge in [-0.3, -0.25) is 0 Å². The number of aliphatic hydroxyl groups is 1. The zero-order valence-corrected chi connectivity index (χ0v) is 18.6. The number of aromatic nitrogens is 2. The molecule has 6 nitrogen and oxygen atoms in total. The van der Waals surface area contributed by atoms with Gasteiger partial charge in [-0.1, -0.05) is 35.9 Å². The van der Waals surface area contributed by atoms with E-state index in [1.54, 1.807) is 6.07 Å². The summed E-state index contributed by atoms with van der Waals surface area (Å²) in [6.45, 7) is 3.50. The predicted octanol–water partition coefficient (Wildman–Crippen LogP) is 4.05. The predicted molar refractivity (Wildman–Crippen MR) is 119 cm³/mol. The average molecular weight is 444 g/mol. The molecule has 2 heterocycles. The van der Waals surface area contributed by atoms with Crippen LogP contribution in [0, 0.1) is 23.7 Å². The molecule has 3 N–H and O–H groups in total. The molecule has 1 spiro atoms. The monoisotopic (exact) mass is 443 g/mol. The van der Waals surface area contributed by atoms with Crippen LogP contribution >= 0.6 is 23.4 Å². The zero-order chi connectivity index (χ0) is 21.3. The van der Waals surface area contributed by atoms with Gasteiger partial charge in [0.15, 0.2) is 5.82 Å². The first-order chi connectivity index (χ1) is 14.5. The fourth-order valence-corrected chi connectivity index (χ4v) is 5.97. The first-order valence-electron chi connectivity index (χ1n) is 10.3. The Balaban J connectivity index is 1.58. The average Bonchev–Trinajstić information content (AvgIpc) is 3.09. The van der Waals surface area contributed by atoms with E-state index in [4.69, 9.17) is 27.3 Å². The molecule has 1 aliphatic heterocycles. The SMILES string of the molecule is Cc1nc(N2CCC3(CCC[C@H]3N)CC2)c(CO)nc1Sc1cccc(Cl)c1C#N. The lowest BCUT2D eigenvalue weighted by Crippen LogP contribution is -2.47. The highest BCUT2D eigenvalue weighted by Crippen LogP contribution is 2.46. The van der Waals surface area contributed by atoms with Gasteiger partial charge in [-0.2, -0.15) is 5.26 Å². The molecule has 30 heavy (non-hydrogen) atoms. The van der Waals surface area contributed by atoms with Crippen LogP contribution in [0.5, 0.6) is 0 Å². The molecule has 1 aliphatic carbocycles. The normalized spacial score (nSPS) is 20.5. The van der Waals surface area contributed by atoms with Crippen LogP contribution in [0.2, 0.25) is 5.02 Å². The van der Waals surface area contributed by atoms with Gasteiger partial charge in [0.05, 0.1) is 22.9 Å². The van der Waals surface area contributed by atoms with Gasteiger partial charge in [0.1, 0.15) is 16.8 Å². The Kier molecular flexibility index (Phi) is 6.21. The van der Waals surface area contributed by atoms with Crippen LogP contribution in [-0.4, -0.2) is 34.2 Å². The van der Waals surface area contributed by atoms with Crippen molar-refractivity contribution in [1.29, 1.82) is 5.26 Å². The van der Waals surface area contributed by atoms with E-state index in [1.807, 2.05) is 19.1 Å². The maximum Gasteiger partial charge on any atom is 0.153 e. The third-order valence-corrected chi connectivity index (χ3v) is 8.01. The molecule has 1 atom stereocenters. The van der Waals surface area contributed by atoms with Crippen molar-refractivity contribution < 1.29 is 5.11 Å². The molecule has 2 aliphatic rings. The van der Waals surface area contributed by atoms with E-state index in [0.29, 0.717) is 27.3 Å². The number of nitrogens with zero attached hydrogens (tertiary/aromatic N) is 4. The van der Waals surface area contributed by atoms with E-state index in [0.717, 1.165) is 48.8 Å². The molecule has 0 amide bonds. The van der Waals surface area contributed by atoms with Gasteiger partial charge >= 0.3 is 0 Å². The largest absolute Gasteiger partial charge is 0.390 e. The van der Waals surface area contributed by atoms with Crippen molar-refractivity contribution in [2.45, 2.75) is 61.6 Å². The lowest BCUT2D eigenvalue weighted by Gasteiger charge is -2.42. The number of nitrogens with two attached hydrogens (primary N) is 1. The Morgan fingerprint density at radius 2 is 2.10 bits per heavy atom. The van der Waals surface area contributed by atoms with Crippen LogP contribution in [0.3, 0.4) is 0 Å². The van der Waals surface area contributed by atoms with E-state index in [-0.39, 0.29) is 12.0 Å². The van der Waals surface area contributed by atoms with Crippen molar-refractivity contribution in [2.24, 2.45) is 11.1 Å². The number of halogens is 1. The molecule has 2 fully saturated rings. The van der Waals surface area contributed by atoms with E-state index in [1.165, 1.54) is 24.6 Å². The van der Waals surface area contributed by atoms with Crippen LogP contribution < -0.4 is 10.6 Å². The van der Waals surface area contributed by atoms with Gasteiger partial charge in [0, 0.05) is 24.0 Å². The smallest absolute Gasteiger partial charge is 0.153 e. The van der Waals surface area contributed by atoms with E-state index < -0.39 is 0 Å². The number of rotatable bonds is 4. The number of hydrogen-bond acceptors (Lipinski definition) is 7. The highest BCUT2D eigenvalue weighted by atomic mass is 35.5. The summed E-state index contributed by atoms with van der Waals surface area (Å²) >= 11 is 7.51. The Bertz CT molecular complexity index is 984. The van der Waals surface area contributed by atoms with Crippen molar-refractivity contribution in [1.82, 2.24) is 9.97 Å². The fourth-order valence-electron chi connectivity index (χ4n) is 4.73. The Morgan fingerprint density at radius 1 is 1.33 bits per heavy atom. The number of nitriles is 1. The summed E-state index contributed by atoms with van der Waals surface area (Å²) in [6, 6.07) is 7.81. The third kappa shape index (κ3) is 3.90. The summed E-state index contributed by atoms with van der Waals surface area (Å²) in [6.07, 6.45) is 5.69. The van der Waals surface area contributed by atoms with Crippen molar-refractivity contribution in [3.05, 3.63) is 40.2 Å². The van der Waals surface area contributed by atoms with Crippen LogP contribution in [0.4, 0.5) is 5.82 Å². The first kappa shape index (κ1) is 21.4. The number of hydrogen-bond donors (Lipinski definition) is 2. The number of anilines is 1. The van der Waals surface area contributed by atoms with Crippen molar-refractivity contribution >= 4 is 29.2 Å². The molecule has 1 aromatic heterocycles. The highest BCUT2D eigenvalue weighted by Gasteiger charge is 2.43. The molecule has 1 saturated carbocycles. The molecule has 0 bridgehead atoms. The number of benzene rings is 1. The first-order valence-corrected chi connectivity index (χ1v) is 11.5. The topological polar surface area (TPSA) is 99.1 Å². The lowest BCUT2D eigenvalue weighted by molar-refractivity contribution is 0.196. The molecule has 4 rings (SSSR count). The molecule has 0 radical (unpaired) electrons. The summed E-state index contributed by atoms with van der Waals surface area (Å²) in [5.74, 6) is 0.757. The second-order valence-corrected chi connectivity index (χ2v) is 9.66. The number of aryl methyl sites for hydroxylation is 1. The summed E-state index contributed by atoms with van der Waals surface area (Å²) in [5.41, 5.74) is 8.45.